The molecule has 0 bridgehead atoms. The fraction of sp³-hybridized carbons (Fsp3) is 0.300. The fourth-order valence-corrected chi connectivity index (χ4v) is 4.11. The third-order valence-electron chi connectivity index (χ3n) is 4.48. The van der Waals surface area contributed by atoms with Gasteiger partial charge in [0.25, 0.3) is 0 Å². The summed E-state index contributed by atoms with van der Waals surface area (Å²) in [6, 6.07) is 5.26. The fourth-order valence-electron chi connectivity index (χ4n) is 3.05. The number of aromatic nitrogens is 1. The maximum Gasteiger partial charge on any atom is 0.205 e. The van der Waals surface area contributed by atoms with E-state index in [0.29, 0.717) is 33.4 Å². The van der Waals surface area contributed by atoms with Crippen molar-refractivity contribution >= 4 is 33.0 Å². The molecule has 0 saturated carbocycles. The molecule has 3 rings (SSSR count). The predicted molar refractivity (Wildman–Crippen MR) is 108 cm³/mol. The molecule has 0 atom stereocenters. The Morgan fingerprint density at radius 1 is 1.11 bits per heavy atom. The van der Waals surface area contributed by atoms with Crippen LogP contribution in [0.25, 0.3) is 10.2 Å². The number of nitrogen functional groups attached to an aromatic ring is 1. The average molecular weight is 386 g/mol. The number of rotatable bonds is 6. The van der Waals surface area contributed by atoms with Crippen molar-refractivity contribution in [2.75, 3.05) is 27.1 Å². The van der Waals surface area contributed by atoms with Crippen molar-refractivity contribution in [3.05, 3.63) is 39.9 Å². The topological polar surface area (TPSA) is 83.7 Å². The predicted octanol–water partition coefficient (Wildman–Crippen LogP) is 4.01. The number of hydrogen-bond acceptors (Lipinski definition) is 7. The number of hydrogen-bond donors (Lipinski definition) is 1. The number of ketones is 1. The van der Waals surface area contributed by atoms with Crippen molar-refractivity contribution in [3.63, 3.8) is 0 Å². The lowest BCUT2D eigenvalue weighted by atomic mass is 10.1. The van der Waals surface area contributed by atoms with Crippen molar-refractivity contribution in [1.29, 1.82) is 0 Å². The third-order valence-corrected chi connectivity index (χ3v) is 5.60. The minimum absolute atomic E-state index is 0.203. The first-order chi connectivity index (χ1) is 12.9. The van der Waals surface area contributed by atoms with E-state index in [0.717, 1.165) is 27.9 Å². The first kappa shape index (κ1) is 19.0. The van der Waals surface area contributed by atoms with E-state index in [1.54, 1.807) is 12.1 Å². The van der Waals surface area contributed by atoms with Crippen LogP contribution in [-0.2, 0) is 6.42 Å². The van der Waals surface area contributed by atoms with E-state index in [1.165, 1.54) is 32.7 Å². The number of aryl methyl sites for hydroxylation is 2. The highest BCUT2D eigenvalue weighted by atomic mass is 32.1. The second kappa shape index (κ2) is 7.44. The van der Waals surface area contributed by atoms with Crippen LogP contribution in [0.15, 0.2) is 18.2 Å². The van der Waals surface area contributed by atoms with Gasteiger partial charge in [0.05, 0.1) is 27.0 Å². The zero-order valence-corrected chi connectivity index (χ0v) is 16.8. The van der Waals surface area contributed by atoms with Crippen LogP contribution in [0.2, 0.25) is 0 Å². The highest BCUT2D eigenvalue weighted by Gasteiger charge is 2.23. The molecular weight excluding hydrogens is 364 g/mol. The second-order valence-corrected chi connectivity index (χ2v) is 7.05. The Labute approximate surface area is 161 Å². The highest BCUT2D eigenvalue weighted by Crippen LogP contribution is 2.40. The highest BCUT2D eigenvalue weighted by molar-refractivity contribution is 7.21. The quantitative estimate of drug-likeness (QED) is 0.645. The Bertz CT molecular complexity index is 1000. The smallest absolute Gasteiger partial charge is 0.205 e. The van der Waals surface area contributed by atoms with Gasteiger partial charge in [-0.05, 0) is 37.1 Å². The molecule has 0 unspecified atom stereocenters. The van der Waals surface area contributed by atoms with Gasteiger partial charge in [-0.3, -0.25) is 4.79 Å². The Morgan fingerprint density at radius 3 is 2.26 bits per heavy atom. The van der Waals surface area contributed by atoms with Crippen molar-refractivity contribution in [1.82, 2.24) is 4.98 Å². The van der Waals surface area contributed by atoms with E-state index in [1.807, 2.05) is 13.0 Å². The molecule has 0 amide bonds. The molecule has 27 heavy (non-hydrogen) atoms. The summed E-state index contributed by atoms with van der Waals surface area (Å²) in [5.74, 6) is 1.07. The molecule has 3 aromatic rings. The van der Waals surface area contributed by atoms with Gasteiger partial charge in [0, 0.05) is 16.6 Å². The molecule has 2 N–H and O–H groups in total. The Kier molecular flexibility index (Phi) is 5.23. The third kappa shape index (κ3) is 3.19. The lowest BCUT2D eigenvalue weighted by Crippen LogP contribution is -2.04. The summed E-state index contributed by atoms with van der Waals surface area (Å²) in [6.07, 6.45) is 0.829. The number of carbonyl (C=O) groups excluding carboxylic acids is 1. The second-order valence-electron chi connectivity index (χ2n) is 6.05. The Hall–Kier alpha value is -2.80. The summed E-state index contributed by atoms with van der Waals surface area (Å²) >= 11 is 1.30. The van der Waals surface area contributed by atoms with E-state index < -0.39 is 0 Å². The first-order valence-electron chi connectivity index (χ1n) is 8.48. The van der Waals surface area contributed by atoms with Crippen LogP contribution in [0, 0.1) is 6.92 Å². The SMILES string of the molecule is CCc1nc2sc(C(=O)c3cc(OC)c(OC)c(OC)c3)c(N)c2cc1C. The molecule has 0 aliphatic carbocycles. The van der Waals surface area contributed by atoms with Crippen molar-refractivity contribution < 1.29 is 19.0 Å². The van der Waals surface area contributed by atoms with E-state index >= 15 is 0 Å². The number of pyridine rings is 1. The molecule has 142 valence electrons. The zero-order chi connectivity index (χ0) is 19.7. The van der Waals surface area contributed by atoms with Crippen molar-refractivity contribution in [2.45, 2.75) is 20.3 Å². The molecule has 6 nitrogen and oxygen atoms in total. The van der Waals surface area contributed by atoms with Crippen molar-refractivity contribution in [2.24, 2.45) is 0 Å². The summed E-state index contributed by atoms with van der Waals surface area (Å²) in [7, 11) is 4.54. The van der Waals surface area contributed by atoms with E-state index in [2.05, 4.69) is 11.9 Å². The Balaban J connectivity index is 2.15. The number of anilines is 1. The van der Waals surface area contributed by atoms with E-state index in [-0.39, 0.29) is 5.78 Å². The zero-order valence-electron chi connectivity index (χ0n) is 16.0. The minimum Gasteiger partial charge on any atom is -0.493 e. The number of nitrogens with two attached hydrogens (primary N) is 1. The molecule has 1 aromatic carbocycles. The van der Waals surface area contributed by atoms with Crippen LogP contribution in [0.4, 0.5) is 5.69 Å². The van der Waals surface area contributed by atoms with Crippen LogP contribution in [0.3, 0.4) is 0 Å². The van der Waals surface area contributed by atoms with Gasteiger partial charge < -0.3 is 19.9 Å². The molecular formula is C20H22N2O4S. The molecule has 0 saturated heterocycles. The molecule has 2 heterocycles. The van der Waals surface area contributed by atoms with Crippen molar-refractivity contribution in [3.8, 4) is 17.2 Å². The molecule has 7 heteroatoms. The lowest BCUT2D eigenvalue weighted by molar-refractivity contribution is 0.104. The molecule has 0 radical (unpaired) electrons. The monoisotopic (exact) mass is 386 g/mol. The Morgan fingerprint density at radius 2 is 1.74 bits per heavy atom. The van der Waals surface area contributed by atoms with Gasteiger partial charge in [-0.2, -0.15) is 0 Å². The van der Waals surface area contributed by atoms with Gasteiger partial charge in [-0.25, -0.2) is 4.98 Å². The summed E-state index contributed by atoms with van der Waals surface area (Å²) in [6.45, 7) is 4.06. The van der Waals surface area contributed by atoms with E-state index in [4.69, 9.17) is 19.9 Å². The van der Waals surface area contributed by atoms with Gasteiger partial charge in [0.2, 0.25) is 11.5 Å². The molecule has 0 fully saturated rings. The number of carbonyl (C=O) groups is 1. The lowest BCUT2D eigenvalue weighted by Gasteiger charge is -2.13. The van der Waals surface area contributed by atoms with Gasteiger partial charge in [-0.1, -0.05) is 6.92 Å². The number of methoxy groups -OCH3 is 3. The summed E-state index contributed by atoms with van der Waals surface area (Å²) in [5.41, 5.74) is 9.24. The van der Waals surface area contributed by atoms with Gasteiger partial charge in [0.15, 0.2) is 11.5 Å². The summed E-state index contributed by atoms with van der Waals surface area (Å²) in [5, 5.41) is 0.811. The number of benzene rings is 1. The van der Waals surface area contributed by atoms with Crippen LogP contribution in [-0.4, -0.2) is 32.1 Å². The number of nitrogens with zero attached hydrogens (tertiary/aromatic N) is 1. The molecule has 0 spiro atoms. The minimum atomic E-state index is -0.203. The molecule has 2 aromatic heterocycles. The van der Waals surface area contributed by atoms with Gasteiger partial charge in [-0.15, -0.1) is 11.3 Å². The maximum absolute atomic E-state index is 13.2. The number of ether oxygens (including phenoxy) is 3. The van der Waals surface area contributed by atoms with Gasteiger partial charge >= 0.3 is 0 Å². The van der Waals surface area contributed by atoms with Crippen LogP contribution in [0.5, 0.6) is 17.2 Å². The molecule has 0 aliphatic heterocycles. The molecule has 0 aliphatic rings. The number of thiophene rings is 1. The summed E-state index contributed by atoms with van der Waals surface area (Å²) < 4.78 is 16.0. The first-order valence-corrected chi connectivity index (χ1v) is 9.29. The van der Waals surface area contributed by atoms with Crippen LogP contribution < -0.4 is 19.9 Å². The standard InChI is InChI=1S/C20H22N2O4S/c1-6-13-10(2)7-12-16(21)19(27-20(12)22-13)17(23)11-8-14(24-3)18(26-5)15(9-11)25-4/h7-9H,6,21H2,1-5H3. The van der Waals surface area contributed by atoms with Gasteiger partial charge in [0.1, 0.15) is 9.71 Å². The summed E-state index contributed by atoms with van der Waals surface area (Å²) in [4.78, 5) is 19.1. The number of fused-ring (bicyclic) bond motifs is 1. The largest absolute Gasteiger partial charge is 0.493 e. The van der Waals surface area contributed by atoms with Crippen LogP contribution in [0.1, 0.15) is 33.4 Å². The maximum atomic E-state index is 13.2. The normalized spacial score (nSPS) is 10.9. The van der Waals surface area contributed by atoms with Crippen LogP contribution >= 0.6 is 11.3 Å². The van der Waals surface area contributed by atoms with E-state index in [9.17, 15) is 4.79 Å². The average Bonchev–Trinajstić information content (AvgIpc) is 3.01.